The third-order valence-corrected chi connectivity index (χ3v) is 4.94. The normalized spacial score (nSPS) is 18.1. The van der Waals surface area contributed by atoms with Crippen LogP contribution in [0.4, 0.5) is 0 Å². The van der Waals surface area contributed by atoms with Gasteiger partial charge < -0.3 is 9.97 Å². The molecule has 2 aliphatic rings. The Hall–Kier alpha value is -1.44. The molecule has 0 aromatic carbocycles. The molecule has 2 aliphatic carbocycles. The lowest BCUT2D eigenvalue weighted by Crippen LogP contribution is -2.05. The lowest BCUT2D eigenvalue weighted by molar-refractivity contribution is 0.680. The summed E-state index contributed by atoms with van der Waals surface area (Å²) < 4.78 is 0. The topological polar surface area (TPSA) is 31.6 Å². The van der Waals surface area contributed by atoms with E-state index < -0.39 is 0 Å². The van der Waals surface area contributed by atoms with Crippen molar-refractivity contribution in [1.29, 1.82) is 0 Å². The maximum Gasteiger partial charge on any atom is 0.0284 e. The second-order valence-electron chi connectivity index (χ2n) is 6.13. The molecule has 0 amide bonds. The maximum absolute atomic E-state index is 3.54. The first kappa shape index (κ1) is 11.4. The Morgan fingerprint density at radius 3 is 1.68 bits per heavy atom. The van der Waals surface area contributed by atoms with Crippen LogP contribution in [0.15, 0.2) is 12.4 Å². The number of aromatic nitrogens is 2. The molecular weight excluding hydrogens is 232 g/mol. The molecule has 0 bridgehead atoms. The Balaban J connectivity index is 1.64. The maximum atomic E-state index is 3.54. The molecule has 0 atom stereocenters. The lowest BCUT2D eigenvalue weighted by atomic mass is 9.90. The zero-order chi connectivity index (χ0) is 12.7. The molecule has 100 valence electrons. The molecule has 2 nitrogen and oxygen atoms in total. The summed E-state index contributed by atoms with van der Waals surface area (Å²) in [5, 5.41) is 0. The summed E-state index contributed by atoms with van der Waals surface area (Å²) >= 11 is 0. The molecule has 0 fully saturated rings. The molecule has 2 heteroatoms. The van der Waals surface area contributed by atoms with Crippen LogP contribution in [0.25, 0.3) is 0 Å². The van der Waals surface area contributed by atoms with Crippen LogP contribution >= 0.6 is 0 Å². The summed E-state index contributed by atoms with van der Waals surface area (Å²) in [6.45, 7) is 0. The first-order valence-corrected chi connectivity index (χ1v) is 7.78. The molecule has 2 aromatic rings. The second-order valence-corrected chi connectivity index (χ2v) is 6.13. The van der Waals surface area contributed by atoms with Crippen molar-refractivity contribution in [2.45, 2.75) is 57.8 Å². The van der Waals surface area contributed by atoms with Gasteiger partial charge in [-0.05, 0) is 73.6 Å². The van der Waals surface area contributed by atoms with E-state index in [1.54, 1.807) is 22.3 Å². The molecular formula is C17H22N2. The van der Waals surface area contributed by atoms with E-state index in [4.69, 9.17) is 0 Å². The highest BCUT2D eigenvalue weighted by atomic mass is 14.7. The van der Waals surface area contributed by atoms with E-state index in [1.165, 1.54) is 62.8 Å². The first-order valence-electron chi connectivity index (χ1n) is 7.78. The molecule has 4 rings (SSSR count). The van der Waals surface area contributed by atoms with Crippen LogP contribution in [0.5, 0.6) is 0 Å². The third kappa shape index (κ3) is 1.94. The number of aryl methyl sites for hydroxylation is 2. The SMILES string of the molecule is c1[nH]c(Cc2[nH]cc3c2CCCC3)c2c1CCCC2. The highest BCUT2D eigenvalue weighted by Crippen LogP contribution is 2.29. The van der Waals surface area contributed by atoms with Crippen LogP contribution in [-0.2, 0) is 32.1 Å². The smallest absolute Gasteiger partial charge is 0.0284 e. The minimum Gasteiger partial charge on any atom is -0.364 e. The fourth-order valence-electron chi connectivity index (χ4n) is 3.88. The molecule has 19 heavy (non-hydrogen) atoms. The summed E-state index contributed by atoms with van der Waals surface area (Å²) in [7, 11) is 0. The fraction of sp³-hybridized carbons (Fsp3) is 0.529. The summed E-state index contributed by atoms with van der Waals surface area (Å²) in [4.78, 5) is 7.08. The van der Waals surface area contributed by atoms with Crippen molar-refractivity contribution in [2.24, 2.45) is 0 Å². The van der Waals surface area contributed by atoms with E-state index in [9.17, 15) is 0 Å². The predicted molar refractivity (Wildman–Crippen MR) is 77.7 cm³/mol. The van der Waals surface area contributed by atoms with Crippen LogP contribution in [0.2, 0.25) is 0 Å². The van der Waals surface area contributed by atoms with Gasteiger partial charge in [0.15, 0.2) is 0 Å². The summed E-state index contributed by atoms with van der Waals surface area (Å²) in [5.74, 6) is 0. The van der Waals surface area contributed by atoms with Crippen LogP contribution in [0, 0.1) is 0 Å². The van der Waals surface area contributed by atoms with Crippen molar-refractivity contribution in [3.05, 3.63) is 46.0 Å². The third-order valence-electron chi connectivity index (χ3n) is 4.94. The van der Waals surface area contributed by atoms with Crippen molar-refractivity contribution in [2.75, 3.05) is 0 Å². The van der Waals surface area contributed by atoms with Gasteiger partial charge in [0.1, 0.15) is 0 Å². The van der Waals surface area contributed by atoms with Gasteiger partial charge in [-0.15, -0.1) is 0 Å². The molecule has 0 saturated carbocycles. The number of fused-ring (bicyclic) bond motifs is 2. The van der Waals surface area contributed by atoms with E-state index in [0.717, 1.165) is 6.42 Å². The van der Waals surface area contributed by atoms with Crippen molar-refractivity contribution in [3.63, 3.8) is 0 Å². The average Bonchev–Trinajstić information content (AvgIpc) is 3.05. The quantitative estimate of drug-likeness (QED) is 0.819. The van der Waals surface area contributed by atoms with Gasteiger partial charge in [0.25, 0.3) is 0 Å². The van der Waals surface area contributed by atoms with Gasteiger partial charge >= 0.3 is 0 Å². The molecule has 2 aromatic heterocycles. The molecule has 0 radical (unpaired) electrons. The first-order chi connectivity index (χ1) is 9.42. The fourth-order valence-corrected chi connectivity index (χ4v) is 3.88. The number of aromatic amines is 2. The van der Waals surface area contributed by atoms with E-state index in [2.05, 4.69) is 22.4 Å². The monoisotopic (exact) mass is 254 g/mol. The van der Waals surface area contributed by atoms with Crippen LogP contribution in [0.3, 0.4) is 0 Å². The molecule has 2 N–H and O–H groups in total. The van der Waals surface area contributed by atoms with Gasteiger partial charge in [-0.25, -0.2) is 0 Å². The highest BCUT2D eigenvalue weighted by molar-refractivity contribution is 5.39. The molecule has 0 unspecified atom stereocenters. The second kappa shape index (κ2) is 4.59. The zero-order valence-electron chi connectivity index (χ0n) is 11.5. The average molecular weight is 254 g/mol. The summed E-state index contributed by atoms with van der Waals surface area (Å²) in [6.07, 6.45) is 16.1. The number of H-pyrrole nitrogens is 2. The number of rotatable bonds is 2. The summed E-state index contributed by atoms with van der Waals surface area (Å²) in [5.41, 5.74) is 9.30. The number of hydrogen-bond donors (Lipinski definition) is 2. The Kier molecular flexibility index (Phi) is 2.75. The summed E-state index contributed by atoms with van der Waals surface area (Å²) in [6, 6.07) is 0. The standard InChI is InChI=1S/C17H22N2/c1-3-7-14-12(5-1)10-18-16(14)9-17-15-8-4-2-6-13(15)11-19-17/h10-11,18-19H,1-9H2. The number of hydrogen-bond acceptors (Lipinski definition) is 0. The van der Waals surface area contributed by atoms with Crippen LogP contribution in [-0.4, -0.2) is 9.97 Å². The van der Waals surface area contributed by atoms with Gasteiger partial charge in [-0.1, -0.05) is 0 Å². The van der Waals surface area contributed by atoms with Crippen LogP contribution in [0.1, 0.15) is 59.3 Å². The predicted octanol–water partition coefficient (Wildman–Crippen LogP) is 3.69. The number of nitrogens with one attached hydrogen (secondary N) is 2. The largest absolute Gasteiger partial charge is 0.364 e. The molecule has 2 heterocycles. The van der Waals surface area contributed by atoms with Crippen molar-refractivity contribution in [3.8, 4) is 0 Å². The van der Waals surface area contributed by atoms with Gasteiger partial charge in [0, 0.05) is 30.2 Å². The van der Waals surface area contributed by atoms with Gasteiger partial charge in [-0.3, -0.25) is 0 Å². The molecule has 0 aliphatic heterocycles. The minimum absolute atomic E-state index is 1.07. The van der Waals surface area contributed by atoms with E-state index in [-0.39, 0.29) is 0 Å². The Labute approximate surface area is 114 Å². The Bertz CT molecular complexity index is 536. The van der Waals surface area contributed by atoms with Gasteiger partial charge in [0.2, 0.25) is 0 Å². The zero-order valence-corrected chi connectivity index (χ0v) is 11.5. The van der Waals surface area contributed by atoms with Gasteiger partial charge in [0.05, 0.1) is 0 Å². The van der Waals surface area contributed by atoms with Gasteiger partial charge in [-0.2, -0.15) is 0 Å². The van der Waals surface area contributed by atoms with E-state index >= 15 is 0 Å². The Morgan fingerprint density at radius 2 is 1.16 bits per heavy atom. The lowest BCUT2D eigenvalue weighted by Gasteiger charge is -2.14. The molecule has 0 spiro atoms. The van der Waals surface area contributed by atoms with Crippen molar-refractivity contribution < 1.29 is 0 Å². The molecule has 0 saturated heterocycles. The van der Waals surface area contributed by atoms with E-state index in [1.807, 2.05) is 0 Å². The van der Waals surface area contributed by atoms with Crippen molar-refractivity contribution >= 4 is 0 Å². The van der Waals surface area contributed by atoms with Crippen molar-refractivity contribution in [1.82, 2.24) is 9.97 Å². The highest BCUT2D eigenvalue weighted by Gasteiger charge is 2.19. The Morgan fingerprint density at radius 1 is 0.684 bits per heavy atom. The van der Waals surface area contributed by atoms with Crippen LogP contribution < -0.4 is 0 Å². The minimum atomic E-state index is 1.07. The van der Waals surface area contributed by atoms with E-state index in [0.29, 0.717) is 0 Å².